The molecule has 2 rings (SSSR count). The molecule has 0 spiro atoms. The van der Waals surface area contributed by atoms with Gasteiger partial charge in [-0.2, -0.15) is 5.10 Å². The molecule has 0 aliphatic rings. The number of aryl methyl sites for hydroxylation is 2. The van der Waals surface area contributed by atoms with E-state index in [-0.39, 0.29) is 6.04 Å². The Kier molecular flexibility index (Phi) is 3.28. The molecule has 0 fully saturated rings. The number of aromatic amines is 1. The van der Waals surface area contributed by atoms with Crippen molar-refractivity contribution in [1.82, 2.24) is 25.1 Å². The van der Waals surface area contributed by atoms with Crippen LogP contribution in [0.4, 0.5) is 0 Å². The van der Waals surface area contributed by atoms with Gasteiger partial charge in [0.25, 0.3) is 0 Å². The second kappa shape index (κ2) is 4.71. The molecule has 0 amide bonds. The Balaban J connectivity index is 2.03. The zero-order chi connectivity index (χ0) is 12.4. The number of hydrogen-bond donors (Lipinski definition) is 2. The predicted octanol–water partition coefficient (Wildman–Crippen LogP) is 1.61. The van der Waals surface area contributed by atoms with Crippen LogP contribution in [0, 0.1) is 13.8 Å². The molecule has 1 atom stereocenters. The maximum absolute atomic E-state index is 4.40. The first-order valence-electron chi connectivity index (χ1n) is 5.81. The molecule has 5 heteroatoms. The van der Waals surface area contributed by atoms with Crippen LogP contribution in [-0.2, 0) is 13.6 Å². The van der Waals surface area contributed by atoms with Gasteiger partial charge in [0.15, 0.2) is 0 Å². The summed E-state index contributed by atoms with van der Waals surface area (Å²) in [6.07, 6.45) is 3.61. The third-order valence-corrected chi connectivity index (χ3v) is 3.17. The molecule has 92 valence electrons. The number of nitrogens with one attached hydrogen (secondary N) is 2. The summed E-state index contributed by atoms with van der Waals surface area (Å²) in [6.45, 7) is 7.05. The highest BCUT2D eigenvalue weighted by Crippen LogP contribution is 2.13. The highest BCUT2D eigenvalue weighted by Gasteiger charge is 2.12. The van der Waals surface area contributed by atoms with Crippen molar-refractivity contribution in [2.45, 2.75) is 33.4 Å². The van der Waals surface area contributed by atoms with Crippen LogP contribution in [0.5, 0.6) is 0 Å². The lowest BCUT2D eigenvalue weighted by Gasteiger charge is -2.11. The maximum Gasteiger partial charge on any atom is 0.122 e. The molecule has 0 aliphatic heterocycles. The molecule has 2 aromatic rings. The fraction of sp³-hybridized carbons (Fsp3) is 0.500. The standard InChI is InChI=1S/C12H19N5/c1-8-11(10(3)17(4)16-8)7-15-9(2)12-13-5-6-14-12/h5-6,9,15H,7H2,1-4H3,(H,13,14). The van der Waals surface area contributed by atoms with Crippen molar-refractivity contribution >= 4 is 0 Å². The molecular weight excluding hydrogens is 214 g/mol. The molecule has 2 aromatic heterocycles. The second-order valence-electron chi connectivity index (χ2n) is 4.35. The zero-order valence-electron chi connectivity index (χ0n) is 10.8. The van der Waals surface area contributed by atoms with Gasteiger partial charge in [0.2, 0.25) is 0 Å². The van der Waals surface area contributed by atoms with Crippen LogP contribution in [0.2, 0.25) is 0 Å². The quantitative estimate of drug-likeness (QED) is 0.843. The molecule has 0 saturated heterocycles. The monoisotopic (exact) mass is 233 g/mol. The van der Waals surface area contributed by atoms with Crippen LogP contribution >= 0.6 is 0 Å². The topological polar surface area (TPSA) is 58.5 Å². The van der Waals surface area contributed by atoms with E-state index in [1.165, 1.54) is 11.3 Å². The largest absolute Gasteiger partial charge is 0.347 e. The zero-order valence-corrected chi connectivity index (χ0v) is 10.8. The predicted molar refractivity (Wildman–Crippen MR) is 66.5 cm³/mol. The van der Waals surface area contributed by atoms with E-state index in [4.69, 9.17) is 0 Å². The minimum Gasteiger partial charge on any atom is -0.347 e. The minimum atomic E-state index is 0.212. The van der Waals surface area contributed by atoms with Crippen molar-refractivity contribution in [1.29, 1.82) is 0 Å². The Morgan fingerprint density at radius 2 is 2.24 bits per heavy atom. The second-order valence-corrected chi connectivity index (χ2v) is 4.35. The van der Waals surface area contributed by atoms with Gasteiger partial charge >= 0.3 is 0 Å². The Bertz CT molecular complexity index is 483. The third kappa shape index (κ3) is 2.39. The van der Waals surface area contributed by atoms with E-state index >= 15 is 0 Å². The van der Waals surface area contributed by atoms with Gasteiger partial charge in [-0.25, -0.2) is 4.98 Å². The number of nitrogens with zero attached hydrogens (tertiary/aromatic N) is 3. The highest BCUT2D eigenvalue weighted by atomic mass is 15.3. The molecule has 0 aromatic carbocycles. The van der Waals surface area contributed by atoms with E-state index in [0.717, 1.165) is 18.1 Å². The number of imidazole rings is 1. The van der Waals surface area contributed by atoms with Crippen molar-refractivity contribution < 1.29 is 0 Å². The Morgan fingerprint density at radius 1 is 1.47 bits per heavy atom. The van der Waals surface area contributed by atoms with Crippen molar-refractivity contribution in [3.63, 3.8) is 0 Å². The van der Waals surface area contributed by atoms with Crippen LogP contribution in [0.1, 0.15) is 35.7 Å². The average Bonchev–Trinajstić information content (AvgIpc) is 2.88. The fourth-order valence-electron chi connectivity index (χ4n) is 1.94. The first-order chi connectivity index (χ1) is 8.09. The first kappa shape index (κ1) is 11.9. The van der Waals surface area contributed by atoms with Gasteiger partial charge in [0.05, 0.1) is 11.7 Å². The van der Waals surface area contributed by atoms with Crippen molar-refractivity contribution in [3.05, 3.63) is 35.2 Å². The third-order valence-electron chi connectivity index (χ3n) is 3.17. The van der Waals surface area contributed by atoms with Crippen LogP contribution in [0.15, 0.2) is 12.4 Å². The summed E-state index contributed by atoms with van der Waals surface area (Å²) in [4.78, 5) is 7.35. The van der Waals surface area contributed by atoms with Crippen LogP contribution < -0.4 is 5.32 Å². The van der Waals surface area contributed by atoms with Crippen molar-refractivity contribution in [3.8, 4) is 0 Å². The summed E-state index contributed by atoms with van der Waals surface area (Å²) < 4.78 is 1.92. The van der Waals surface area contributed by atoms with Crippen molar-refractivity contribution in [2.75, 3.05) is 0 Å². The number of H-pyrrole nitrogens is 1. The molecule has 5 nitrogen and oxygen atoms in total. The van der Waals surface area contributed by atoms with E-state index in [2.05, 4.69) is 34.2 Å². The minimum absolute atomic E-state index is 0.212. The van der Waals surface area contributed by atoms with Gasteiger partial charge in [-0.05, 0) is 20.8 Å². The molecular formula is C12H19N5. The van der Waals surface area contributed by atoms with Gasteiger partial charge in [-0.3, -0.25) is 4.68 Å². The van der Waals surface area contributed by atoms with Crippen LogP contribution in [0.3, 0.4) is 0 Å². The number of rotatable bonds is 4. The van der Waals surface area contributed by atoms with Crippen LogP contribution in [0.25, 0.3) is 0 Å². The summed E-state index contributed by atoms with van der Waals surface area (Å²) in [7, 11) is 1.97. The first-order valence-corrected chi connectivity index (χ1v) is 5.81. The van der Waals surface area contributed by atoms with Gasteiger partial charge in [0, 0.05) is 37.2 Å². The highest BCUT2D eigenvalue weighted by molar-refractivity contribution is 5.24. The SMILES string of the molecule is Cc1nn(C)c(C)c1CNC(C)c1ncc[nH]1. The Hall–Kier alpha value is -1.62. The van der Waals surface area contributed by atoms with Crippen molar-refractivity contribution in [2.24, 2.45) is 7.05 Å². The van der Waals surface area contributed by atoms with Gasteiger partial charge in [0.1, 0.15) is 5.82 Å². The maximum atomic E-state index is 4.40. The van der Waals surface area contributed by atoms with E-state index in [1.807, 2.05) is 24.9 Å². The van der Waals surface area contributed by atoms with Gasteiger partial charge in [-0.1, -0.05) is 0 Å². The van der Waals surface area contributed by atoms with E-state index in [9.17, 15) is 0 Å². The lowest BCUT2D eigenvalue weighted by Crippen LogP contribution is -2.19. The average molecular weight is 233 g/mol. The summed E-state index contributed by atoms with van der Waals surface area (Å²) >= 11 is 0. The molecule has 0 saturated carbocycles. The van der Waals surface area contributed by atoms with E-state index < -0.39 is 0 Å². The van der Waals surface area contributed by atoms with E-state index in [1.54, 1.807) is 6.20 Å². The number of aromatic nitrogens is 4. The van der Waals surface area contributed by atoms with Gasteiger partial charge < -0.3 is 10.3 Å². The molecule has 1 unspecified atom stereocenters. The number of hydrogen-bond acceptors (Lipinski definition) is 3. The Labute approximate surface area is 101 Å². The molecule has 2 N–H and O–H groups in total. The lowest BCUT2D eigenvalue weighted by atomic mass is 10.2. The lowest BCUT2D eigenvalue weighted by molar-refractivity contribution is 0.548. The normalized spacial score (nSPS) is 12.9. The summed E-state index contributed by atoms with van der Waals surface area (Å²) in [5.41, 5.74) is 3.57. The summed E-state index contributed by atoms with van der Waals surface area (Å²) in [5, 5.41) is 7.85. The molecule has 2 heterocycles. The van der Waals surface area contributed by atoms with Crippen LogP contribution in [-0.4, -0.2) is 19.7 Å². The smallest absolute Gasteiger partial charge is 0.122 e. The molecule has 0 bridgehead atoms. The summed E-state index contributed by atoms with van der Waals surface area (Å²) in [5.74, 6) is 0.962. The molecule has 17 heavy (non-hydrogen) atoms. The summed E-state index contributed by atoms with van der Waals surface area (Å²) in [6, 6.07) is 0.212. The molecule has 0 radical (unpaired) electrons. The van der Waals surface area contributed by atoms with Gasteiger partial charge in [-0.15, -0.1) is 0 Å². The molecule has 0 aliphatic carbocycles. The fourth-order valence-corrected chi connectivity index (χ4v) is 1.94. The van der Waals surface area contributed by atoms with E-state index in [0.29, 0.717) is 0 Å². The Morgan fingerprint density at radius 3 is 2.76 bits per heavy atom.